The Hall–Kier alpha value is -0.890. The highest BCUT2D eigenvalue weighted by Gasteiger charge is 2.62. The van der Waals surface area contributed by atoms with E-state index in [4.69, 9.17) is 33.2 Å². The molecular formula is C46H82O11. The van der Waals surface area contributed by atoms with E-state index in [2.05, 4.69) is 34.6 Å². The zero-order chi connectivity index (χ0) is 41.8. The molecule has 5 rings (SSSR count). The zero-order valence-electron chi connectivity index (χ0n) is 37.3. The second-order valence-electron chi connectivity index (χ2n) is 19.6. The van der Waals surface area contributed by atoms with Crippen LogP contribution in [0.3, 0.4) is 0 Å². The van der Waals surface area contributed by atoms with Crippen molar-refractivity contribution in [2.45, 2.75) is 231 Å². The largest absolute Gasteiger partial charge is 0.465 e. The maximum absolute atomic E-state index is 13.3. The SMILES string of the molecule is CCCCCCCCCCOC(=O)[C@@H](C)[C@H](OC)[C@H](C)[C@H]1OC2(CC[C@@](C)([C@H]3CC[C@@](CC)([C@@H]4O[C@@H]([C@H]5O[C@@](O)(CO)[C@H](C)C[C@@H]5C)C[C@@H]4C)O3)O2)C[C@H](O)[C@H]1C. The first-order chi connectivity index (χ1) is 27.0. The van der Waals surface area contributed by atoms with E-state index < -0.39 is 53.6 Å². The average Bonchev–Trinajstić information content (AvgIpc) is 3.90. The van der Waals surface area contributed by atoms with Gasteiger partial charge in [0.15, 0.2) is 11.6 Å². The molecule has 1 unspecified atom stereocenters. The molecule has 0 saturated carbocycles. The third-order valence-electron chi connectivity index (χ3n) is 15.3. The lowest BCUT2D eigenvalue weighted by Gasteiger charge is -2.49. The number of aliphatic hydroxyl groups excluding tert-OH is 2. The van der Waals surface area contributed by atoms with Crippen LogP contribution in [0.5, 0.6) is 0 Å². The van der Waals surface area contributed by atoms with E-state index in [-0.39, 0.29) is 60.0 Å². The van der Waals surface area contributed by atoms with Gasteiger partial charge in [0.25, 0.3) is 0 Å². The van der Waals surface area contributed by atoms with Crippen LogP contribution in [0.4, 0.5) is 0 Å². The van der Waals surface area contributed by atoms with Crippen LogP contribution in [-0.2, 0) is 38.0 Å². The normalized spacial score (nSPS) is 44.0. The quantitative estimate of drug-likeness (QED) is 0.0867. The lowest BCUT2D eigenvalue weighted by atomic mass is 9.78. The molecule has 57 heavy (non-hydrogen) atoms. The molecule has 11 nitrogen and oxygen atoms in total. The number of hydrogen-bond donors (Lipinski definition) is 3. The molecule has 0 bridgehead atoms. The van der Waals surface area contributed by atoms with Crippen LogP contribution in [0.2, 0.25) is 0 Å². The summed E-state index contributed by atoms with van der Waals surface area (Å²) >= 11 is 0. The third-order valence-corrected chi connectivity index (χ3v) is 15.3. The zero-order valence-corrected chi connectivity index (χ0v) is 37.3. The minimum atomic E-state index is -1.56. The van der Waals surface area contributed by atoms with E-state index in [0.717, 1.165) is 51.4 Å². The molecule has 17 atom stereocenters. The topological polar surface area (TPSA) is 142 Å². The number of methoxy groups -OCH3 is 1. The molecule has 0 aromatic rings. The fraction of sp³-hybridized carbons (Fsp3) is 0.978. The van der Waals surface area contributed by atoms with Gasteiger partial charge in [-0.1, -0.05) is 93.4 Å². The minimum absolute atomic E-state index is 0.146. The predicted octanol–water partition coefficient (Wildman–Crippen LogP) is 7.87. The van der Waals surface area contributed by atoms with Gasteiger partial charge in [-0.3, -0.25) is 4.79 Å². The number of carbonyl (C=O) groups excluding carboxylic acids is 1. The second kappa shape index (κ2) is 19.9. The second-order valence-corrected chi connectivity index (χ2v) is 19.6. The van der Waals surface area contributed by atoms with Gasteiger partial charge in [-0.15, -0.1) is 0 Å². The number of esters is 1. The monoisotopic (exact) mass is 811 g/mol. The first-order valence-corrected chi connectivity index (χ1v) is 23.1. The van der Waals surface area contributed by atoms with E-state index in [9.17, 15) is 20.1 Å². The van der Waals surface area contributed by atoms with E-state index in [1.807, 2.05) is 27.7 Å². The van der Waals surface area contributed by atoms with Gasteiger partial charge in [0.1, 0.15) is 0 Å². The van der Waals surface area contributed by atoms with Gasteiger partial charge in [0.2, 0.25) is 0 Å². The molecule has 5 saturated heterocycles. The van der Waals surface area contributed by atoms with Gasteiger partial charge in [0, 0.05) is 37.7 Å². The lowest BCUT2D eigenvalue weighted by molar-refractivity contribution is -0.336. The number of carbonyl (C=O) groups is 1. The molecule has 0 aliphatic carbocycles. The van der Waals surface area contributed by atoms with Gasteiger partial charge >= 0.3 is 5.97 Å². The number of hydrogen-bond acceptors (Lipinski definition) is 11. The van der Waals surface area contributed by atoms with Crippen molar-refractivity contribution in [2.75, 3.05) is 20.3 Å². The Morgan fingerprint density at radius 1 is 0.895 bits per heavy atom. The van der Waals surface area contributed by atoms with Gasteiger partial charge in [-0.2, -0.15) is 0 Å². The fourth-order valence-electron chi connectivity index (χ4n) is 11.4. The highest BCUT2D eigenvalue weighted by atomic mass is 16.7. The first kappa shape index (κ1) is 47.2. The van der Waals surface area contributed by atoms with Crippen molar-refractivity contribution >= 4 is 5.97 Å². The van der Waals surface area contributed by atoms with Crippen LogP contribution in [0.25, 0.3) is 0 Å². The predicted molar refractivity (Wildman–Crippen MR) is 218 cm³/mol. The molecule has 332 valence electrons. The molecular weight excluding hydrogens is 728 g/mol. The Kier molecular flexibility index (Phi) is 16.4. The van der Waals surface area contributed by atoms with Crippen LogP contribution in [0, 0.1) is 35.5 Å². The van der Waals surface area contributed by atoms with Gasteiger partial charge in [-0.05, 0) is 70.6 Å². The third kappa shape index (κ3) is 10.3. The average molecular weight is 811 g/mol. The smallest absolute Gasteiger partial charge is 0.311 e. The van der Waals surface area contributed by atoms with Gasteiger partial charge < -0.3 is 48.5 Å². The maximum Gasteiger partial charge on any atom is 0.311 e. The summed E-state index contributed by atoms with van der Waals surface area (Å²) in [6, 6.07) is 0. The molecule has 0 radical (unpaired) electrons. The summed E-state index contributed by atoms with van der Waals surface area (Å²) in [6.45, 7) is 18.7. The van der Waals surface area contributed by atoms with E-state index in [1.165, 1.54) is 38.5 Å². The molecule has 0 amide bonds. The molecule has 0 aromatic carbocycles. The number of unbranched alkanes of at least 4 members (excludes halogenated alkanes) is 7. The summed E-state index contributed by atoms with van der Waals surface area (Å²) in [4.78, 5) is 13.3. The van der Waals surface area contributed by atoms with Crippen molar-refractivity contribution in [3.63, 3.8) is 0 Å². The van der Waals surface area contributed by atoms with Crippen molar-refractivity contribution in [1.82, 2.24) is 0 Å². The van der Waals surface area contributed by atoms with Gasteiger partial charge in [-0.25, -0.2) is 0 Å². The summed E-state index contributed by atoms with van der Waals surface area (Å²) in [5, 5.41) is 32.6. The number of aliphatic hydroxyl groups is 3. The first-order valence-electron chi connectivity index (χ1n) is 23.1. The summed E-state index contributed by atoms with van der Waals surface area (Å²) in [7, 11) is 1.64. The molecule has 5 fully saturated rings. The van der Waals surface area contributed by atoms with E-state index in [0.29, 0.717) is 19.4 Å². The molecule has 5 aliphatic heterocycles. The molecule has 3 N–H and O–H groups in total. The summed E-state index contributed by atoms with van der Waals surface area (Å²) in [6.07, 6.45) is 12.9. The molecule has 5 heterocycles. The Labute approximate surface area is 344 Å². The number of ether oxygens (including phenoxy) is 7. The Bertz CT molecular complexity index is 1270. The van der Waals surface area contributed by atoms with Crippen molar-refractivity contribution in [2.24, 2.45) is 35.5 Å². The molecule has 0 aromatic heterocycles. The molecule has 11 heteroatoms. The summed E-state index contributed by atoms with van der Waals surface area (Å²) in [5.41, 5.74) is -1.13. The van der Waals surface area contributed by atoms with Gasteiger partial charge in [0.05, 0.1) is 73.1 Å². The van der Waals surface area contributed by atoms with Crippen LogP contribution < -0.4 is 0 Å². The minimum Gasteiger partial charge on any atom is -0.465 e. The molecule has 1 spiro atoms. The van der Waals surface area contributed by atoms with E-state index in [1.54, 1.807) is 7.11 Å². The summed E-state index contributed by atoms with van der Waals surface area (Å²) in [5.74, 6) is -3.46. The van der Waals surface area contributed by atoms with Crippen LogP contribution >= 0.6 is 0 Å². The van der Waals surface area contributed by atoms with E-state index >= 15 is 0 Å². The van der Waals surface area contributed by atoms with Crippen LogP contribution in [0.1, 0.15) is 165 Å². The van der Waals surface area contributed by atoms with Crippen LogP contribution in [0.15, 0.2) is 0 Å². The number of rotatable bonds is 19. The standard InChI is InChI=1S/C46H82O11/c1-11-13-14-15-16-17-18-19-24-52-42(49)34(8)39(51-10)33(7)40-32(6)35(48)27-45(55-40)23-22-43(9,57-45)37-20-21-44(12-2,54-37)41-30(4)26-36(53-41)38-29(3)25-31(5)46(50,28-47)56-38/h29-41,47-48,50H,11-28H2,1-10H3/t29-,30-,31+,32+,33-,34-,35-,36+,37+,38-,39+,40-,41+,43-,44-,45?,46-/m0/s1. The molecule has 5 aliphatic rings. The Morgan fingerprint density at radius 2 is 1.58 bits per heavy atom. The van der Waals surface area contributed by atoms with Crippen molar-refractivity contribution in [3.8, 4) is 0 Å². The maximum atomic E-state index is 13.3. The van der Waals surface area contributed by atoms with Crippen molar-refractivity contribution < 1.29 is 53.3 Å². The van der Waals surface area contributed by atoms with Crippen LogP contribution in [-0.4, -0.2) is 107 Å². The highest BCUT2D eigenvalue weighted by molar-refractivity contribution is 5.72. The van der Waals surface area contributed by atoms with Crippen molar-refractivity contribution in [3.05, 3.63) is 0 Å². The fourth-order valence-corrected chi connectivity index (χ4v) is 11.4. The summed E-state index contributed by atoms with van der Waals surface area (Å²) < 4.78 is 46.0. The Balaban J connectivity index is 1.18. The Morgan fingerprint density at radius 3 is 2.23 bits per heavy atom. The lowest BCUT2D eigenvalue weighted by Crippen LogP contribution is -2.57. The highest BCUT2D eigenvalue weighted by Crippen LogP contribution is 2.55. The van der Waals surface area contributed by atoms with Crippen molar-refractivity contribution in [1.29, 1.82) is 0 Å².